The van der Waals surface area contributed by atoms with Crippen LogP contribution in [0.25, 0.3) is 11.0 Å². The van der Waals surface area contributed by atoms with Crippen LogP contribution >= 0.6 is 0 Å². The monoisotopic (exact) mass is 313 g/mol. The van der Waals surface area contributed by atoms with Gasteiger partial charge in [-0.3, -0.25) is 9.48 Å². The molecule has 1 aromatic carbocycles. The number of aromatic nitrogens is 2. The van der Waals surface area contributed by atoms with E-state index in [1.165, 1.54) is 0 Å². The van der Waals surface area contributed by atoms with E-state index in [1.807, 2.05) is 38.2 Å². The van der Waals surface area contributed by atoms with Crippen molar-refractivity contribution in [1.82, 2.24) is 9.78 Å². The summed E-state index contributed by atoms with van der Waals surface area (Å²) in [5, 5.41) is 8.02. The highest BCUT2D eigenvalue weighted by molar-refractivity contribution is 6.04. The Hall–Kier alpha value is -2.60. The van der Waals surface area contributed by atoms with Crippen molar-refractivity contribution in [2.24, 2.45) is 0 Å². The molecular formula is C17H19N3O3. The summed E-state index contributed by atoms with van der Waals surface area (Å²) in [5.74, 6) is 0.439. The Labute approximate surface area is 134 Å². The lowest BCUT2D eigenvalue weighted by atomic mass is 10.1. The Kier molecular flexibility index (Phi) is 4.16. The number of hydrogen-bond acceptors (Lipinski definition) is 4. The van der Waals surface area contributed by atoms with Gasteiger partial charge >= 0.3 is 0 Å². The van der Waals surface area contributed by atoms with E-state index < -0.39 is 0 Å². The van der Waals surface area contributed by atoms with E-state index in [1.54, 1.807) is 23.9 Å². The van der Waals surface area contributed by atoms with Gasteiger partial charge in [0.15, 0.2) is 11.6 Å². The summed E-state index contributed by atoms with van der Waals surface area (Å²) in [4.78, 5) is 12.3. The van der Waals surface area contributed by atoms with E-state index in [9.17, 15) is 4.79 Å². The number of hydrogen-bond donors (Lipinski definition) is 1. The van der Waals surface area contributed by atoms with Crippen molar-refractivity contribution in [3.8, 4) is 0 Å². The second-order valence-corrected chi connectivity index (χ2v) is 5.54. The zero-order chi connectivity index (χ0) is 16.4. The average Bonchev–Trinajstić information content (AvgIpc) is 3.15. The first-order chi connectivity index (χ1) is 11.1. The minimum Gasteiger partial charge on any atom is -0.451 e. The van der Waals surface area contributed by atoms with Crippen molar-refractivity contribution in [1.29, 1.82) is 0 Å². The third-order valence-electron chi connectivity index (χ3n) is 3.71. The highest BCUT2D eigenvalue weighted by Crippen LogP contribution is 2.23. The molecule has 0 aliphatic carbocycles. The Morgan fingerprint density at radius 2 is 2.26 bits per heavy atom. The molecule has 0 aliphatic heterocycles. The van der Waals surface area contributed by atoms with Crippen LogP contribution in [0.3, 0.4) is 0 Å². The average molecular weight is 313 g/mol. The lowest BCUT2D eigenvalue weighted by Crippen LogP contribution is -2.14. The van der Waals surface area contributed by atoms with Gasteiger partial charge in [0, 0.05) is 24.8 Å². The first-order valence-corrected chi connectivity index (χ1v) is 7.43. The first-order valence-electron chi connectivity index (χ1n) is 7.43. The van der Waals surface area contributed by atoms with Crippen LogP contribution in [-0.2, 0) is 4.74 Å². The molecule has 1 atom stereocenters. The normalized spacial score (nSPS) is 12.5. The van der Waals surface area contributed by atoms with E-state index in [0.29, 0.717) is 18.0 Å². The Balaban J connectivity index is 1.77. The molecule has 6 heteroatoms. The number of carbonyl (C=O) groups is 1. The van der Waals surface area contributed by atoms with Crippen LogP contribution in [0.15, 0.2) is 40.9 Å². The van der Waals surface area contributed by atoms with Crippen molar-refractivity contribution >= 4 is 22.7 Å². The zero-order valence-electron chi connectivity index (χ0n) is 13.4. The highest BCUT2D eigenvalue weighted by Gasteiger charge is 2.15. The largest absolute Gasteiger partial charge is 0.451 e. The molecule has 1 N–H and O–H groups in total. The van der Waals surface area contributed by atoms with Crippen LogP contribution in [0, 0.1) is 6.92 Å². The summed E-state index contributed by atoms with van der Waals surface area (Å²) in [6, 6.07) is 9.34. The fraction of sp³-hybridized carbons (Fsp3) is 0.294. The van der Waals surface area contributed by atoms with Gasteiger partial charge in [-0.05, 0) is 31.5 Å². The number of rotatable bonds is 5. The van der Waals surface area contributed by atoms with Crippen molar-refractivity contribution in [3.05, 3.63) is 47.9 Å². The molecule has 0 spiro atoms. The van der Waals surface area contributed by atoms with E-state index in [0.717, 1.165) is 10.9 Å². The number of benzene rings is 1. The molecule has 2 aromatic heterocycles. The lowest BCUT2D eigenvalue weighted by Gasteiger charge is -2.10. The van der Waals surface area contributed by atoms with E-state index in [2.05, 4.69) is 10.4 Å². The second-order valence-electron chi connectivity index (χ2n) is 5.54. The van der Waals surface area contributed by atoms with Crippen LogP contribution in [-0.4, -0.2) is 29.4 Å². The predicted octanol–water partition coefficient (Wildman–Crippen LogP) is 3.40. The summed E-state index contributed by atoms with van der Waals surface area (Å²) in [7, 11) is 1.65. The number of methoxy groups -OCH3 is 1. The van der Waals surface area contributed by atoms with Crippen LogP contribution < -0.4 is 5.32 Å². The van der Waals surface area contributed by atoms with Crippen LogP contribution in [0.5, 0.6) is 0 Å². The Morgan fingerprint density at radius 1 is 1.43 bits per heavy atom. The Bertz CT molecular complexity index is 835. The SMILES string of the molecule is COCC(C)n1ccc(NC(=O)c2cc3c(C)cccc3o2)n1. The van der Waals surface area contributed by atoms with Gasteiger partial charge in [0.05, 0.1) is 12.6 Å². The quantitative estimate of drug-likeness (QED) is 0.784. The van der Waals surface area contributed by atoms with Crippen molar-refractivity contribution in [3.63, 3.8) is 0 Å². The smallest absolute Gasteiger partial charge is 0.292 e. The van der Waals surface area contributed by atoms with Gasteiger partial charge in [-0.1, -0.05) is 12.1 Å². The van der Waals surface area contributed by atoms with Gasteiger partial charge in [0.1, 0.15) is 5.58 Å². The minimum absolute atomic E-state index is 0.0968. The highest BCUT2D eigenvalue weighted by atomic mass is 16.5. The van der Waals surface area contributed by atoms with Gasteiger partial charge < -0.3 is 14.5 Å². The van der Waals surface area contributed by atoms with Crippen molar-refractivity contribution in [2.45, 2.75) is 19.9 Å². The summed E-state index contributed by atoms with van der Waals surface area (Å²) < 4.78 is 12.5. The molecule has 3 aromatic rings. The zero-order valence-corrected chi connectivity index (χ0v) is 13.4. The van der Waals surface area contributed by atoms with Crippen molar-refractivity contribution < 1.29 is 13.9 Å². The number of carbonyl (C=O) groups excluding carboxylic acids is 1. The number of fused-ring (bicyclic) bond motifs is 1. The minimum atomic E-state index is -0.315. The fourth-order valence-electron chi connectivity index (χ4n) is 2.46. The van der Waals surface area contributed by atoms with Gasteiger partial charge in [-0.2, -0.15) is 5.10 Å². The number of furan rings is 1. The van der Waals surface area contributed by atoms with E-state index in [-0.39, 0.29) is 17.7 Å². The molecule has 0 bridgehead atoms. The molecule has 23 heavy (non-hydrogen) atoms. The molecule has 1 unspecified atom stereocenters. The summed E-state index contributed by atoms with van der Waals surface area (Å²) in [6.07, 6.45) is 1.81. The molecule has 120 valence electrons. The standard InChI is InChI=1S/C17H19N3O3/c1-11-5-4-6-14-13(11)9-15(23-14)17(21)18-16-7-8-20(19-16)12(2)10-22-3/h4-9,12H,10H2,1-3H3,(H,18,19,21). The summed E-state index contributed by atoms with van der Waals surface area (Å²) >= 11 is 0. The third kappa shape index (κ3) is 3.12. The molecule has 0 aliphatic rings. The first kappa shape index (κ1) is 15.3. The number of ether oxygens (including phenoxy) is 1. The Morgan fingerprint density at radius 3 is 3.00 bits per heavy atom. The van der Waals surface area contributed by atoms with Gasteiger partial charge in [0.25, 0.3) is 5.91 Å². The molecule has 0 saturated carbocycles. The van der Waals surface area contributed by atoms with Crippen LogP contribution in [0.2, 0.25) is 0 Å². The van der Waals surface area contributed by atoms with E-state index in [4.69, 9.17) is 9.15 Å². The van der Waals surface area contributed by atoms with Crippen LogP contribution in [0.4, 0.5) is 5.82 Å². The molecular weight excluding hydrogens is 294 g/mol. The second kappa shape index (κ2) is 6.26. The van der Waals surface area contributed by atoms with Crippen molar-refractivity contribution in [2.75, 3.05) is 19.0 Å². The number of amides is 1. The fourth-order valence-corrected chi connectivity index (χ4v) is 2.46. The maximum Gasteiger partial charge on any atom is 0.292 e. The molecule has 3 rings (SSSR count). The number of anilines is 1. The summed E-state index contributed by atoms with van der Waals surface area (Å²) in [5.41, 5.74) is 1.78. The number of aryl methyl sites for hydroxylation is 1. The van der Waals surface area contributed by atoms with Crippen LogP contribution in [0.1, 0.15) is 29.1 Å². The predicted molar refractivity (Wildman–Crippen MR) is 87.7 cm³/mol. The number of nitrogens with one attached hydrogen (secondary N) is 1. The molecule has 0 radical (unpaired) electrons. The van der Waals surface area contributed by atoms with Gasteiger partial charge in [-0.15, -0.1) is 0 Å². The molecule has 0 saturated heterocycles. The summed E-state index contributed by atoms with van der Waals surface area (Å²) in [6.45, 7) is 4.53. The number of nitrogens with zero attached hydrogens (tertiary/aromatic N) is 2. The topological polar surface area (TPSA) is 69.3 Å². The van der Waals surface area contributed by atoms with E-state index >= 15 is 0 Å². The van der Waals surface area contributed by atoms with Gasteiger partial charge in [-0.25, -0.2) is 0 Å². The van der Waals surface area contributed by atoms with Gasteiger partial charge in [0.2, 0.25) is 0 Å². The maximum absolute atomic E-state index is 12.3. The lowest BCUT2D eigenvalue weighted by molar-refractivity contribution is 0.0998. The molecule has 6 nitrogen and oxygen atoms in total. The molecule has 0 fully saturated rings. The maximum atomic E-state index is 12.3. The molecule has 1 amide bonds. The third-order valence-corrected chi connectivity index (χ3v) is 3.71. The molecule has 2 heterocycles.